The molecule has 2 atom stereocenters. The minimum Gasteiger partial charge on any atom is -0.448 e. The van der Waals surface area contributed by atoms with Crippen molar-refractivity contribution in [2.45, 2.75) is 23.1 Å². The number of amides is 2. The van der Waals surface area contributed by atoms with Crippen LogP contribution in [-0.4, -0.2) is 67.6 Å². The Hall–Kier alpha value is -7.72. The molecule has 0 spiro atoms. The number of hydrogen-bond acceptors (Lipinski definition) is 13. The molecule has 2 unspecified atom stereocenters. The lowest BCUT2D eigenvalue weighted by Gasteiger charge is -2.49. The average Bonchev–Trinajstić information content (AvgIpc) is 4.10. The van der Waals surface area contributed by atoms with Crippen molar-refractivity contribution < 1.29 is 24.0 Å². The van der Waals surface area contributed by atoms with Gasteiger partial charge in [0.15, 0.2) is 16.9 Å². The lowest BCUT2D eigenvalue weighted by atomic mass is 9.77. The van der Waals surface area contributed by atoms with Crippen LogP contribution in [0, 0.1) is 0 Å². The van der Waals surface area contributed by atoms with Crippen LogP contribution < -0.4 is 10.6 Å². The molecule has 8 aromatic rings. The minimum atomic E-state index is -1.01. The van der Waals surface area contributed by atoms with E-state index in [1.54, 1.807) is 24.0 Å². The molecule has 5 heterocycles. The first-order valence-electron chi connectivity index (χ1n) is 21.6. The number of β-lactam (4-membered cyclic amide) rings is 1. The molecule has 15 heteroatoms. The zero-order valence-electron chi connectivity index (χ0n) is 36.3. The highest BCUT2D eigenvalue weighted by molar-refractivity contribution is 8.00. The Kier molecular flexibility index (Phi) is 12.7. The van der Waals surface area contributed by atoms with Crippen molar-refractivity contribution in [3.05, 3.63) is 232 Å². The van der Waals surface area contributed by atoms with E-state index in [-0.39, 0.29) is 17.1 Å². The van der Waals surface area contributed by atoms with Crippen LogP contribution in [0.3, 0.4) is 0 Å². The zero-order valence-corrected chi connectivity index (χ0v) is 38.8. The van der Waals surface area contributed by atoms with Crippen molar-refractivity contribution in [1.82, 2.24) is 25.2 Å². The second kappa shape index (κ2) is 19.6. The quantitative estimate of drug-likeness (QED) is 0.0335. The molecule has 0 bridgehead atoms. The molecule has 2 aliphatic rings. The second-order valence-corrected chi connectivity index (χ2v) is 18.7. The summed E-state index contributed by atoms with van der Waals surface area (Å²) in [5, 5.41) is 13.1. The van der Waals surface area contributed by atoms with Gasteiger partial charge in [0.05, 0.1) is 4.88 Å². The summed E-state index contributed by atoms with van der Waals surface area (Å²) >= 11 is 4.13. The number of pyridine rings is 1. The number of rotatable bonds is 15. The molecule has 2 aliphatic heterocycles. The van der Waals surface area contributed by atoms with Gasteiger partial charge in [-0.2, -0.15) is 0 Å². The molecular formula is C53H41N7O5S3. The molecule has 2 N–H and O–H groups in total. The predicted molar refractivity (Wildman–Crippen MR) is 267 cm³/mol. The summed E-state index contributed by atoms with van der Waals surface area (Å²) in [6, 6.07) is 52.0. The number of hydrogen-bond donors (Lipinski definition) is 2. The summed E-state index contributed by atoms with van der Waals surface area (Å²) in [4.78, 5) is 64.8. The number of esters is 1. The normalized spacial score (nSPS) is 15.9. The smallest absolute Gasteiger partial charge is 0.356 e. The lowest BCUT2D eigenvalue weighted by Crippen LogP contribution is -2.71. The first-order valence-corrected chi connectivity index (χ1v) is 24.4. The third kappa shape index (κ3) is 8.58. The molecule has 3 aromatic heterocycles. The summed E-state index contributed by atoms with van der Waals surface area (Å²) in [5.74, 6) is -1.51. The lowest BCUT2D eigenvalue weighted by molar-refractivity contribution is -0.154. The number of carbonyl (C=O) groups excluding carboxylic acids is 3. The molecule has 2 amide bonds. The van der Waals surface area contributed by atoms with Crippen molar-refractivity contribution in [2.75, 3.05) is 18.2 Å². The molecule has 68 heavy (non-hydrogen) atoms. The van der Waals surface area contributed by atoms with Crippen molar-refractivity contribution in [3.63, 3.8) is 0 Å². The summed E-state index contributed by atoms with van der Waals surface area (Å²) in [6.45, 7) is 0. The Balaban J connectivity index is 0.946. The summed E-state index contributed by atoms with van der Waals surface area (Å²) < 4.78 is 6.41. The fraction of sp³-hybridized carbons (Fsp3) is 0.113. The first-order chi connectivity index (χ1) is 33.4. The fourth-order valence-corrected chi connectivity index (χ4v) is 11.6. The number of nitrogens with zero attached hydrogens (tertiary/aromatic N) is 5. The monoisotopic (exact) mass is 951 g/mol. The third-order valence-electron chi connectivity index (χ3n) is 11.6. The van der Waals surface area contributed by atoms with Gasteiger partial charge in [0.25, 0.3) is 11.8 Å². The number of thioether (sulfide) groups is 1. The molecular weight excluding hydrogens is 911 g/mol. The highest BCUT2D eigenvalue weighted by Crippen LogP contribution is 2.46. The zero-order chi connectivity index (χ0) is 46.5. The number of thiazole rings is 2. The van der Waals surface area contributed by atoms with Gasteiger partial charge in [0.2, 0.25) is 0 Å². The van der Waals surface area contributed by atoms with Crippen LogP contribution in [0.25, 0.3) is 16.1 Å². The highest BCUT2D eigenvalue weighted by atomic mass is 32.2. The van der Waals surface area contributed by atoms with E-state index in [0.717, 1.165) is 33.4 Å². The van der Waals surface area contributed by atoms with Crippen LogP contribution in [0.1, 0.15) is 44.5 Å². The summed E-state index contributed by atoms with van der Waals surface area (Å²) in [6.07, 6.45) is 4.36. The Morgan fingerprint density at radius 1 is 0.779 bits per heavy atom. The molecule has 1 saturated heterocycles. The molecule has 336 valence electrons. The van der Waals surface area contributed by atoms with Crippen molar-refractivity contribution in [1.29, 1.82) is 0 Å². The van der Waals surface area contributed by atoms with E-state index >= 15 is 0 Å². The van der Waals surface area contributed by atoms with Crippen molar-refractivity contribution in [3.8, 4) is 10.6 Å². The van der Waals surface area contributed by atoms with Gasteiger partial charge in [-0.15, -0.1) is 34.4 Å². The van der Waals surface area contributed by atoms with E-state index in [9.17, 15) is 14.4 Å². The number of aromatic nitrogens is 3. The SMILES string of the molecule is CO/N=C(/C(=O)NC1C(=O)N2C(C(=O)OC(c3ccccc3)c3ccccc3)=C(c3cnc(-c4cccnc4)s3)CSC12)c1csc(NC(c2ccccc2)(c2ccccc2)c2ccccc2)n1. The molecule has 10 rings (SSSR count). The van der Waals surface area contributed by atoms with E-state index in [4.69, 9.17) is 14.6 Å². The number of ether oxygens (including phenoxy) is 1. The van der Waals surface area contributed by atoms with Crippen LogP contribution in [0.2, 0.25) is 0 Å². The first kappa shape index (κ1) is 44.1. The summed E-state index contributed by atoms with van der Waals surface area (Å²) in [5.41, 5.74) is 5.26. The number of fused-ring (bicyclic) bond motifs is 1. The van der Waals surface area contributed by atoms with Crippen LogP contribution >= 0.6 is 34.4 Å². The molecule has 0 radical (unpaired) electrons. The number of oxime groups is 1. The Labute approximate surface area is 404 Å². The summed E-state index contributed by atoms with van der Waals surface area (Å²) in [7, 11) is 1.35. The van der Waals surface area contributed by atoms with E-state index in [0.29, 0.717) is 26.3 Å². The maximum Gasteiger partial charge on any atom is 0.356 e. The largest absolute Gasteiger partial charge is 0.448 e. The minimum absolute atomic E-state index is 0.0993. The number of nitrogens with one attached hydrogen (secondary N) is 2. The van der Waals surface area contributed by atoms with Gasteiger partial charge < -0.3 is 20.2 Å². The highest BCUT2D eigenvalue weighted by Gasteiger charge is 2.55. The Morgan fingerprint density at radius 2 is 1.37 bits per heavy atom. The number of anilines is 1. The van der Waals surface area contributed by atoms with Crippen molar-refractivity contribution in [2.24, 2.45) is 5.16 Å². The molecule has 0 saturated carbocycles. The molecule has 1 fully saturated rings. The van der Waals surface area contributed by atoms with Crippen molar-refractivity contribution >= 4 is 68.6 Å². The van der Waals surface area contributed by atoms with Gasteiger partial charge in [-0.3, -0.25) is 19.5 Å². The van der Waals surface area contributed by atoms with Gasteiger partial charge in [0.1, 0.15) is 40.5 Å². The molecule has 5 aromatic carbocycles. The van der Waals surface area contributed by atoms with E-state index in [1.165, 1.54) is 46.4 Å². The van der Waals surface area contributed by atoms with Gasteiger partial charge in [0, 0.05) is 40.9 Å². The third-order valence-corrected chi connectivity index (χ3v) is 14.8. The fourth-order valence-electron chi connectivity index (χ4n) is 8.47. The predicted octanol–water partition coefficient (Wildman–Crippen LogP) is 9.56. The Bertz CT molecular complexity index is 2980. The van der Waals surface area contributed by atoms with Gasteiger partial charge in [-0.05, 0) is 39.9 Å². The van der Waals surface area contributed by atoms with E-state index in [2.05, 4.69) is 62.2 Å². The maximum atomic E-state index is 14.8. The molecule has 12 nitrogen and oxygen atoms in total. The van der Waals surface area contributed by atoms with Gasteiger partial charge in [-0.25, -0.2) is 14.8 Å². The van der Waals surface area contributed by atoms with Crippen LogP contribution in [0.15, 0.2) is 199 Å². The van der Waals surface area contributed by atoms with Crippen LogP contribution in [0.5, 0.6) is 0 Å². The van der Waals surface area contributed by atoms with Gasteiger partial charge >= 0.3 is 5.97 Å². The van der Waals surface area contributed by atoms with E-state index < -0.39 is 40.8 Å². The topological polar surface area (TPSA) is 148 Å². The second-order valence-electron chi connectivity index (χ2n) is 15.7. The number of benzene rings is 5. The number of carbonyl (C=O) groups is 3. The van der Waals surface area contributed by atoms with E-state index in [1.807, 2.05) is 127 Å². The Morgan fingerprint density at radius 3 is 1.93 bits per heavy atom. The van der Waals surface area contributed by atoms with Crippen LogP contribution in [0.4, 0.5) is 5.13 Å². The molecule has 0 aliphatic carbocycles. The van der Waals surface area contributed by atoms with Crippen LogP contribution in [-0.2, 0) is 29.5 Å². The standard InChI is InChI=1S/C53H41N7O5S3/c1-64-59-43(41-33-67-52(56-41)58-53(37-23-11-4-12-24-37,38-25-13-5-14-26-38)39-27-15-6-16-28-39)47(61)57-44-49(62)60-45(51(63)65-46(34-18-7-2-8-19-34)35-20-9-3-10-21-35)40(32-66-50(44)60)42-31-55-48(68-42)36-22-17-29-54-30-36/h2-31,33,44,46,50H,32H2,1H3,(H,56,58)(H,57,61)/b59-43+. The van der Waals surface area contributed by atoms with Gasteiger partial charge in [-0.1, -0.05) is 157 Å². The average molecular weight is 952 g/mol. The maximum absolute atomic E-state index is 14.8.